The van der Waals surface area contributed by atoms with Crippen LogP contribution >= 0.6 is 0 Å². The fourth-order valence-electron chi connectivity index (χ4n) is 5.83. The van der Waals surface area contributed by atoms with Gasteiger partial charge in [-0.05, 0) is 83.5 Å². The molecule has 30 heavy (non-hydrogen) atoms. The van der Waals surface area contributed by atoms with Gasteiger partial charge in [0.2, 0.25) is 5.91 Å². The summed E-state index contributed by atoms with van der Waals surface area (Å²) in [6.07, 6.45) is 6.45. The van der Waals surface area contributed by atoms with E-state index in [1.165, 1.54) is 26.2 Å². The molecule has 0 saturated heterocycles. The van der Waals surface area contributed by atoms with Gasteiger partial charge in [-0.2, -0.15) is 0 Å². The number of hydrogen-bond donors (Lipinski definition) is 3. The summed E-state index contributed by atoms with van der Waals surface area (Å²) >= 11 is 0. The highest BCUT2D eigenvalue weighted by Gasteiger charge is 2.54. The fraction of sp³-hybridized carbons (Fsp3) is 0.818. The van der Waals surface area contributed by atoms with Crippen LogP contribution in [0.2, 0.25) is 0 Å². The van der Waals surface area contributed by atoms with Gasteiger partial charge in [-0.25, -0.2) is 4.79 Å². The van der Waals surface area contributed by atoms with Crippen LogP contribution in [0.4, 0.5) is 4.79 Å². The van der Waals surface area contributed by atoms with E-state index < -0.39 is 24.0 Å². The highest BCUT2D eigenvalue weighted by atomic mass is 16.5. The predicted molar refractivity (Wildman–Crippen MR) is 110 cm³/mol. The van der Waals surface area contributed by atoms with Crippen molar-refractivity contribution in [3.05, 3.63) is 0 Å². The minimum absolute atomic E-state index is 0.107. The third kappa shape index (κ3) is 5.52. The Morgan fingerprint density at radius 3 is 2.07 bits per heavy atom. The SMILES string of the molecule is CC(C)NC(=O)NC(=O)[C@@H](C)OC(=O)CCCNC(=O)C12CC3CC(CC(C3)C1)C2. The van der Waals surface area contributed by atoms with Gasteiger partial charge in [0.15, 0.2) is 6.10 Å². The maximum absolute atomic E-state index is 12.9. The number of hydrogen-bond acceptors (Lipinski definition) is 5. The monoisotopic (exact) mass is 421 g/mol. The molecule has 4 fully saturated rings. The smallest absolute Gasteiger partial charge is 0.321 e. The molecule has 8 heteroatoms. The molecule has 4 saturated carbocycles. The summed E-state index contributed by atoms with van der Waals surface area (Å²) in [7, 11) is 0. The first-order valence-corrected chi connectivity index (χ1v) is 11.3. The third-order valence-electron chi connectivity index (χ3n) is 6.70. The van der Waals surface area contributed by atoms with Crippen molar-refractivity contribution < 1.29 is 23.9 Å². The molecule has 8 nitrogen and oxygen atoms in total. The topological polar surface area (TPSA) is 114 Å². The van der Waals surface area contributed by atoms with E-state index in [2.05, 4.69) is 16.0 Å². The first-order valence-electron chi connectivity index (χ1n) is 11.3. The lowest BCUT2D eigenvalue weighted by atomic mass is 9.49. The van der Waals surface area contributed by atoms with Crippen LogP contribution < -0.4 is 16.0 Å². The van der Waals surface area contributed by atoms with Crippen LogP contribution in [0.15, 0.2) is 0 Å². The van der Waals surface area contributed by atoms with Crippen molar-refractivity contribution in [2.75, 3.05) is 6.54 Å². The second-order valence-electron chi connectivity index (χ2n) is 9.81. The van der Waals surface area contributed by atoms with Gasteiger partial charge in [0.05, 0.1) is 0 Å². The molecule has 0 unspecified atom stereocenters. The van der Waals surface area contributed by atoms with Crippen molar-refractivity contribution in [3.63, 3.8) is 0 Å². The number of rotatable bonds is 8. The van der Waals surface area contributed by atoms with Gasteiger partial charge in [-0.15, -0.1) is 0 Å². The maximum atomic E-state index is 12.9. The summed E-state index contributed by atoms with van der Waals surface area (Å²) in [5, 5.41) is 7.70. The summed E-state index contributed by atoms with van der Waals surface area (Å²) in [6, 6.07) is -0.727. The summed E-state index contributed by atoms with van der Waals surface area (Å²) in [4.78, 5) is 48.3. The Morgan fingerprint density at radius 1 is 0.967 bits per heavy atom. The van der Waals surface area contributed by atoms with Gasteiger partial charge < -0.3 is 15.4 Å². The van der Waals surface area contributed by atoms with Crippen LogP contribution in [0.25, 0.3) is 0 Å². The highest BCUT2D eigenvalue weighted by molar-refractivity contribution is 5.97. The zero-order chi connectivity index (χ0) is 21.9. The second kappa shape index (κ2) is 9.35. The largest absolute Gasteiger partial charge is 0.453 e. The molecule has 0 aromatic carbocycles. The molecule has 0 radical (unpaired) electrons. The van der Waals surface area contributed by atoms with E-state index in [9.17, 15) is 19.2 Å². The second-order valence-corrected chi connectivity index (χ2v) is 9.81. The van der Waals surface area contributed by atoms with E-state index in [0.717, 1.165) is 19.3 Å². The van der Waals surface area contributed by atoms with Gasteiger partial charge in [0.1, 0.15) is 0 Å². The van der Waals surface area contributed by atoms with Crippen molar-refractivity contribution in [2.24, 2.45) is 23.2 Å². The van der Waals surface area contributed by atoms with Crippen LogP contribution in [-0.4, -0.2) is 42.5 Å². The number of urea groups is 1. The van der Waals surface area contributed by atoms with E-state index in [-0.39, 0.29) is 23.8 Å². The first kappa shape index (κ1) is 22.6. The standard InChI is InChI=1S/C22H35N3O5/c1-13(2)24-21(29)25-19(27)14(3)30-18(26)5-4-6-23-20(28)22-10-15-7-16(11-22)9-17(8-15)12-22/h13-17H,4-12H2,1-3H3,(H,23,28)(H2,24,25,27,29)/t14-,15?,16?,17?,22?/m1/s1. The molecular formula is C22H35N3O5. The Kier molecular flexibility index (Phi) is 7.03. The minimum atomic E-state index is -1.06. The molecule has 4 bridgehead atoms. The predicted octanol–water partition coefficient (Wildman–Crippen LogP) is 2.27. The molecule has 168 valence electrons. The first-order chi connectivity index (χ1) is 14.2. The molecule has 1 atom stereocenters. The van der Waals surface area contributed by atoms with Gasteiger partial charge in [-0.3, -0.25) is 19.7 Å². The van der Waals surface area contributed by atoms with Crippen LogP contribution in [0.1, 0.15) is 72.1 Å². The molecular weight excluding hydrogens is 386 g/mol. The zero-order valence-corrected chi connectivity index (χ0v) is 18.3. The average molecular weight is 422 g/mol. The minimum Gasteiger partial charge on any atom is -0.453 e. The lowest BCUT2D eigenvalue weighted by molar-refractivity contribution is -0.154. The zero-order valence-electron chi connectivity index (χ0n) is 18.3. The summed E-state index contributed by atoms with van der Waals surface area (Å²) in [5.74, 6) is 1.10. The van der Waals surface area contributed by atoms with E-state index in [1.807, 2.05) is 0 Å². The van der Waals surface area contributed by atoms with Crippen molar-refractivity contribution in [2.45, 2.75) is 84.3 Å². The number of ether oxygens (including phenoxy) is 1. The van der Waals surface area contributed by atoms with Crippen molar-refractivity contribution in [3.8, 4) is 0 Å². The molecule has 4 aliphatic carbocycles. The van der Waals surface area contributed by atoms with Crippen molar-refractivity contribution in [1.82, 2.24) is 16.0 Å². The Balaban J connectivity index is 1.33. The van der Waals surface area contributed by atoms with Crippen LogP contribution in [0.3, 0.4) is 0 Å². The van der Waals surface area contributed by atoms with E-state index >= 15 is 0 Å². The molecule has 0 heterocycles. The Hall–Kier alpha value is -2.12. The lowest BCUT2D eigenvalue weighted by Gasteiger charge is -2.55. The number of amides is 4. The highest BCUT2D eigenvalue weighted by Crippen LogP contribution is 2.60. The average Bonchev–Trinajstić information content (AvgIpc) is 2.63. The number of carbonyl (C=O) groups is 4. The van der Waals surface area contributed by atoms with Crippen molar-refractivity contribution >= 4 is 23.8 Å². The van der Waals surface area contributed by atoms with Crippen LogP contribution in [0.5, 0.6) is 0 Å². The van der Waals surface area contributed by atoms with E-state index in [4.69, 9.17) is 4.74 Å². The Morgan fingerprint density at radius 2 is 1.53 bits per heavy atom. The maximum Gasteiger partial charge on any atom is 0.321 e. The Bertz CT molecular complexity index is 655. The quantitative estimate of drug-likeness (QED) is 0.411. The third-order valence-corrected chi connectivity index (χ3v) is 6.70. The summed E-state index contributed by atoms with van der Waals surface area (Å²) in [5.41, 5.74) is -0.182. The van der Waals surface area contributed by atoms with Gasteiger partial charge in [0.25, 0.3) is 5.91 Å². The molecule has 0 aliphatic heterocycles. The van der Waals surface area contributed by atoms with Crippen LogP contribution in [-0.2, 0) is 19.1 Å². The molecule has 0 spiro atoms. The van der Waals surface area contributed by atoms with Gasteiger partial charge >= 0.3 is 12.0 Å². The molecule has 4 aliphatic rings. The summed E-state index contributed by atoms with van der Waals surface area (Å²) < 4.78 is 5.08. The molecule has 4 rings (SSSR count). The Labute approximate surface area is 178 Å². The van der Waals surface area contributed by atoms with E-state index in [0.29, 0.717) is 30.7 Å². The molecule has 0 aromatic heterocycles. The number of carbonyl (C=O) groups excluding carboxylic acids is 4. The number of nitrogens with one attached hydrogen (secondary N) is 3. The fourth-order valence-corrected chi connectivity index (χ4v) is 5.83. The van der Waals surface area contributed by atoms with E-state index in [1.54, 1.807) is 13.8 Å². The van der Waals surface area contributed by atoms with Gasteiger partial charge in [-0.1, -0.05) is 0 Å². The number of imide groups is 1. The molecule has 0 aromatic rings. The molecule has 3 N–H and O–H groups in total. The summed E-state index contributed by atoms with van der Waals surface area (Å²) in [6.45, 7) is 5.39. The number of esters is 1. The molecule has 4 amide bonds. The lowest BCUT2D eigenvalue weighted by Crippen LogP contribution is -2.53. The van der Waals surface area contributed by atoms with Crippen LogP contribution in [0, 0.1) is 23.2 Å². The van der Waals surface area contributed by atoms with Crippen molar-refractivity contribution in [1.29, 1.82) is 0 Å². The van der Waals surface area contributed by atoms with Gasteiger partial charge in [0, 0.05) is 24.4 Å². The normalized spacial score (nSPS) is 29.9.